The van der Waals surface area contributed by atoms with Gasteiger partial charge in [-0.05, 0) is 38.1 Å². The van der Waals surface area contributed by atoms with E-state index in [1.165, 1.54) is 12.1 Å². The predicted octanol–water partition coefficient (Wildman–Crippen LogP) is 2.53. The lowest BCUT2D eigenvalue weighted by Crippen LogP contribution is -2.30. The second kappa shape index (κ2) is 9.38. The monoisotopic (exact) mass is 371 g/mol. The fourth-order valence-electron chi connectivity index (χ4n) is 2.48. The van der Waals surface area contributed by atoms with Crippen LogP contribution in [0.4, 0.5) is 0 Å². The summed E-state index contributed by atoms with van der Waals surface area (Å²) in [5, 5.41) is 11.0. The molecule has 0 spiro atoms. The van der Waals surface area contributed by atoms with Gasteiger partial charge in [0, 0.05) is 11.1 Å². The molecule has 0 unspecified atom stereocenters. The molecule has 7 nitrogen and oxygen atoms in total. The summed E-state index contributed by atoms with van der Waals surface area (Å²) in [4.78, 5) is 35.8. The van der Waals surface area contributed by atoms with Gasteiger partial charge in [0.2, 0.25) is 0 Å². The van der Waals surface area contributed by atoms with Crippen molar-refractivity contribution in [2.24, 2.45) is 0 Å². The van der Waals surface area contributed by atoms with E-state index in [9.17, 15) is 14.4 Å². The number of ether oxygens (including phenoxy) is 2. The van der Waals surface area contributed by atoms with Gasteiger partial charge < -0.3 is 19.9 Å². The lowest BCUT2D eigenvalue weighted by molar-refractivity contribution is -0.135. The van der Waals surface area contributed by atoms with E-state index in [2.05, 4.69) is 5.32 Å². The molecule has 0 aliphatic rings. The van der Waals surface area contributed by atoms with Gasteiger partial charge in [-0.3, -0.25) is 14.4 Å². The minimum Gasteiger partial charge on any atom is -0.490 e. The van der Waals surface area contributed by atoms with Crippen LogP contribution in [0.25, 0.3) is 0 Å². The van der Waals surface area contributed by atoms with Gasteiger partial charge in [-0.2, -0.15) is 0 Å². The van der Waals surface area contributed by atoms with E-state index < -0.39 is 18.4 Å². The van der Waals surface area contributed by atoms with Crippen LogP contribution in [0, 0.1) is 0 Å². The summed E-state index contributed by atoms with van der Waals surface area (Å²) in [7, 11) is 0. The zero-order valence-electron chi connectivity index (χ0n) is 15.2. The summed E-state index contributed by atoms with van der Waals surface area (Å²) in [5.41, 5.74) is 0.614. The summed E-state index contributed by atoms with van der Waals surface area (Å²) >= 11 is 0. The van der Waals surface area contributed by atoms with Crippen LogP contribution in [0.5, 0.6) is 11.5 Å². The van der Waals surface area contributed by atoms with Crippen molar-refractivity contribution in [3.8, 4) is 11.5 Å². The average Bonchev–Trinajstić information content (AvgIpc) is 2.67. The first kappa shape index (κ1) is 20.0. The molecule has 0 heterocycles. The third kappa shape index (κ3) is 5.07. The van der Waals surface area contributed by atoms with E-state index in [0.29, 0.717) is 30.3 Å². The number of carboxylic acids is 1. The second-order valence-corrected chi connectivity index (χ2v) is 5.48. The van der Waals surface area contributed by atoms with E-state index in [4.69, 9.17) is 14.6 Å². The first-order valence-electron chi connectivity index (χ1n) is 8.51. The quantitative estimate of drug-likeness (QED) is 0.657. The molecule has 0 aromatic heterocycles. The lowest BCUT2D eigenvalue weighted by Gasteiger charge is -2.13. The van der Waals surface area contributed by atoms with Crippen molar-refractivity contribution < 1.29 is 29.0 Å². The van der Waals surface area contributed by atoms with Crippen molar-refractivity contribution >= 4 is 17.7 Å². The highest BCUT2D eigenvalue weighted by atomic mass is 16.5. The molecule has 0 radical (unpaired) electrons. The number of hydrogen-bond donors (Lipinski definition) is 2. The molecule has 0 bridgehead atoms. The maximum Gasteiger partial charge on any atom is 0.322 e. The van der Waals surface area contributed by atoms with Crippen molar-refractivity contribution in [2.75, 3.05) is 19.8 Å². The SMILES string of the molecule is CCOc1ccc(C(=O)c2ccccc2C(=O)NCC(=O)O)cc1OCC. The van der Waals surface area contributed by atoms with E-state index >= 15 is 0 Å². The smallest absolute Gasteiger partial charge is 0.322 e. The number of carboxylic acid groups (broad SMARTS) is 1. The van der Waals surface area contributed by atoms with Crippen LogP contribution in [-0.2, 0) is 4.79 Å². The van der Waals surface area contributed by atoms with Crippen molar-refractivity contribution in [3.05, 3.63) is 59.2 Å². The Hall–Kier alpha value is -3.35. The Morgan fingerprint density at radius 2 is 1.56 bits per heavy atom. The van der Waals surface area contributed by atoms with E-state index in [-0.39, 0.29) is 16.9 Å². The Morgan fingerprint density at radius 3 is 2.19 bits per heavy atom. The highest BCUT2D eigenvalue weighted by Crippen LogP contribution is 2.29. The van der Waals surface area contributed by atoms with E-state index in [0.717, 1.165) is 0 Å². The molecule has 0 fully saturated rings. The molecule has 2 aromatic rings. The minimum absolute atomic E-state index is 0.107. The van der Waals surface area contributed by atoms with Gasteiger partial charge in [-0.1, -0.05) is 18.2 Å². The largest absolute Gasteiger partial charge is 0.490 e. The summed E-state index contributed by atoms with van der Waals surface area (Å²) in [5.74, 6) is -1.20. The Balaban J connectivity index is 2.36. The van der Waals surface area contributed by atoms with Gasteiger partial charge in [0.1, 0.15) is 6.54 Å². The zero-order chi connectivity index (χ0) is 19.8. The highest BCUT2D eigenvalue weighted by molar-refractivity contribution is 6.15. The predicted molar refractivity (Wildman–Crippen MR) is 98.6 cm³/mol. The van der Waals surface area contributed by atoms with Crippen LogP contribution in [0.2, 0.25) is 0 Å². The van der Waals surface area contributed by atoms with E-state index in [1.54, 1.807) is 30.3 Å². The number of carbonyl (C=O) groups is 3. The van der Waals surface area contributed by atoms with Crippen LogP contribution in [0.15, 0.2) is 42.5 Å². The normalized spacial score (nSPS) is 10.1. The minimum atomic E-state index is -1.17. The van der Waals surface area contributed by atoms with Crippen LogP contribution < -0.4 is 14.8 Å². The molecule has 2 aromatic carbocycles. The molecular weight excluding hydrogens is 350 g/mol. The van der Waals surface area contributed by atoms with Gasteiger partial charge in [-0.15, -0.1) is 0 Å². The fourth-order valence-corrected chi connectivity index (χ4v) is 2.48. The van der Waals surface area contributed by atoms with Crippen molar-refractivity contribution in [1.82, 2.24) is 5.32 Å². The number of carbonyl (C=O) groups excluding carboxylic acids is 2. The molecule has 142 valence electrons. The number of rotatable bonds is 9. The molecule has 2 rings (SSSR count). The van der Waals surface area contributed by atoms with Crippen LogP contribution >= 0.6 is 0 Å². The topological polar surface area (TPSA) is 102 Å². The van der Waals surface area contributed by atoms with E-state index in [1.807, 2.05) is 13.8 Å². The fraction of sp³-hybridized carbons (Fsp3) is 0.250. The number of nitrogens with one attached hydrogen (secondary N) is 1. The van der Waals surface area contributed by atoms with Crippen molar-refractivity contribution in [1.29, 1.82) is 0 Å². The first-order chi connectivity index (χ1) is 13.0. The molecule has 0 saturated carbocycles. The van der Waals surface area contributed by atoms with Gasteiger partial charge in [0.15, 0.2) is 17.3 Å². The molecule has 0 aliphatic carbocycles. The third-order valence-corrected chi connectivity index (χ3v) is 3.62. The Kier molecular flexibility index (Phi) is 6.93. The van der Waals surface area contributed by atoms with Crippen LogP contribution in [0.3, 0.4) is 0 Å². The number of hydrogen-bond acceptors (Lipinski definition) is 5. The molecule has 0 aliphatic heterocycles. The average molecular weight is 371 g/mol. The summed E-state index contributed by atoms with van der Waals surface area (Å²) in [6, 6.07) is 11.1. The number of benzene rings is 2. The zero-order valence-corrected chi connectivity index (χ0v) is 15.2. The molecular formula is C20H21NO6. The highest BCUT2D eigenvalue weighted by Gasteiger charge is 2.20. The number of amides is 1. The number of aliphatic carboxylic acids is 1. The summed E-state index contributed by atoms with van der Waals surface area (Å²) < 4.78 is 11.0. The van der Waals surface area contributed by atoms with Gasteiger partial charge in [0.25, 0.3) is 5.91 Å². The Morgan fingerprint density at radius 1 is 0.926 bits per heavy atom. The molecule has 0 saturated heterocycles. The van der Waals surface area contributed by atoms with Gasteiger partial charge in [-0.25, -0.2) is 0 Å². The third-order valence-electron chi connectivity index (χ3n) is 3.62. The van der Waals surface area contributed by atoms with Gasteiger partial charge in [0.05, 0.1) is 18.8 Å². The van der Waals surface area contributed by atoms with Crippen LogP contribution in [-0.4, -0.2) is 42.5 Å². The summed E-state index contributed by atoms with van der Waals surface area (Å²) in [6.07, 6.45) is 0. The number of ketones is 1. The summed E-state index contributed by atoms with van der Waals surface area (Å²) in [6.45, 7) is 4.01. The van der Waals surface area contributed by atoms with Crippen molar-refractivity contribution in [2.45, 2.75) is 13.8 Å². The van der Waals surface area contributed by atoms with Crippen molar-refractivity contribution in [3.63, 3.8) is 0 Å². The standard InChI is InChI=1S/C20H21NO6/c1-3-26-16-10-9-13(11-17(16)27-4-2)19(24)14-7-5-6-8-15(14)20(25)21-12-18(22)23/h5-11H,3-4,12H2,1-2H3,(H,21,25)(H,22,23). The molecule has 7 heteroatoms. The Labute approximate surface area is 156 Å². The van der Waals surface area contributed by atoms with Gasteiger partial charge >= 0.3 is 5.97 Å². The maximum atomic E-state index is 12.9. The molecule has 0 atom stereocenters. The van der Waals surface area contributed by atoms with Crippen LogP contribution in [0.1, 0.15) is 40.1 Å². The molecule has 1 amide bonds. The lowest BCUT2D eigenvalue weighted by atomic mass is 9.97. The second-order valence-electron chi connectivity index (χ2n) is 5.48. The molecule has 27 heavy (non-hydrogen) atoms. The maximum absolute atomic E-state index is 12.9. The Bertz CT molecular complexity index is 846. The first-order valence-corrected chi connectivity index (χ1v) is 8.51. The molecule has 2 N–H and O–H groups in total.